The van der Waals surface area contributed by atoms with E-state index in [1.807, 2.05) is 6.07 Å². The predicted molar refractivity (Wildman–Crippen MR) is 77.2 cm³/mol. The number of nitrogens with one attached hydrogen (secondary N) is 2. The van der Waals surface area contributed by atoms with Crippen molar-refractivity contribution in [3.05, 3.63) is 54.5 Å². The first kappa shape index (κ1) is 16.1. The van der Waals surface area contributed by atoms with E-state index in [4.69, 9.17) is 13.9 Å². The van der Waals surface area contributed by atoms with Crippen molar-refractivity contribution < 1.29 is 28.3 Å². The molecule has 2 N–H and O–H groups in total. The molecule has 120 valence electrons. The van der Waals surface area contributed by atoms with E-state index in [0.29, 0.717) is 5.75 Å². The topological polar surface area (TPSA) is 107 Å². The number of furan rings is 1. The first-order chi connectivity index (χ1) is 11.1. The van der Waals surface area contributed by atoms with Gasteiger partial charge in [-0.3, -0.25) is 20.4 Å². The fourth-order valence-corrected chi connectivity index (χ4v) is 1.48. The molecule has 1 heterocycles. The van der Waals surface area contributed by atoms with Crippen LogP contribution in [0.4, 0.5) is 0 Å². The fourth-order valence-electron chi connectivity index (χ4n) is 1.48. The molecule has 23 heavy (non-hydrogen) atoms. The molecule has 0 aliphatic rings. The van der Waals surface area contributed by atoms with Gasteiger partial charge in [-0.15, -0.1) is 0 Å². The molecule has 0 saturated carbocycles. The molecule has 0 fully saturated rings. The number of amides is 2. The molecule has 2 rings (SSSR count). The molecule has 8 nitrogen and oxygen atoms in total. The quantitative estimate of drug-likeness (QED) is 0.598. The smallest absolute Gasteiger partial charge is 0.344 e. The Labute approximate surface area is 131 Å². The third kappa shape index (κ3) is 5.54. The highest BCUT2D eigenvalue weighted by atomic mass is 16.6. The Kier molecular flexibility index (Phi) is 5.75. The van der Waals surface area contributed by atoms with Crippen molar-refractivity contribution in [1.82, 2.24) is 10.9 Å². The lowest BCUT2D eigenvalue weighted by molar-refractivity contribution is -0.150. The summed E-state index contributed by atoms with van der Waals surface area (Å²) < 4.78 is 14.7. The molecule has 0 unspecified atom stereocenters. The first-order valence-electron chi connectivity index (χ1n) is 6.61. The zero-order valence-corrected chi connectivity index (χ0v) is 12.0. The summed E-state index contributed by atoms with van der Waals surface area (Å²) >= 11 is 0. The maximum absolute atomic E-state index is 11.5. The van der Waals surface area contributed by atoms with Crippen LogP contribution in [-0.2, 0) is 14.3 Å². The molecule has 2 amide bonds. The lowest BCUT2D eigenvalue weighted by atomic mass is 10.3. The van der Waals surface area contributed by atoms with E-state index in [0.717, 1.165) is 0 Å². The predicted octanol–water partition coefficient (Wildman–Crippen LogP) is 0.663. The van der Waals surface area contributed by atoms with Crippen molar-refractivity contribution in [3.63, 3.8) is 0 Å². The van der Waals surface area contributed by atoms with Gasteiger partial charge in [-0.25, -0.2) is 4.79 Å². The normalized spacial score (nSPS) is 9.74. The molecular weight excluding hydrogens is 304 g/mol. The molecule has 0 spiro atoms. The van der Waals surface area contributed by atoms with Crippen LogP contribution in [0.15, 0.2) is 53.1 Å². The van der Waals surface area contributed by atoms with Gasteiger partial charge in [0.05, 0.1) is 6.26 Å². The van der Waals surface area contributed by atoms with E-state index in [1.165, 1.54) is 18.4 Å². The minimum Gasteiger partial charge on any atom is -0.482 e. The third-order valence-electron chi connectivity index (χ3n) is 2.52. The Balaban J connectivity index is 1.62. The Bertz CT molecular complexity index is 654. The minimum atomic E-state index is -0.707. The van der Waals surface area contributed by atoms with Gasteiger partial charge in [0.2, 0.25) is 0 Å². The Hall–Kier alpha value is -3.29. The van der Waals surface area contributed by atoms with E-state index >= 15 is 0 Å². The van der Waals surface area contributed by atoms with Gasteiger partial charge in [-0.1, -0.05) is 18.2 Å². The van der Waals surface area contributed by atoms with Gasteiger partial charge in [0.25, 0.3) is 5.91 Å². The number of hydrogen-bond donors (Lipinski definition) is 2. The molecule has 0 radical (unpaired) electrons. The van der Waals surface area contributed by atoms with E-state index in [9.17, 15) is 14.4 Å². The van der Waals surface area contributed by atoms with Crippen LogP contribution in [0.5, 0.6) is 5.75 Å². The molecular formula is C15H14N2O6. The summed E-state index contributed by atoms with van der Waals surface area (Å²) in [5, 5.41) is 0. The lowest BCUT2D eigenvalue weighted by Gasteiger charge is -2.08. The Morgan fingerprint density at radius 3 is 2.43 bits per heavy atom. The minimum absolute atomic E-state index is 0.0403. The second-order valence-corrected chi connectivity index (χ2v) is 4.24. The van der Waals surface area contributed by atoms with Gasteiger partial charge < -0.3 is 13.9 Å². The summed E-state index contributed by atoms with van der Waals surface area (Å²) in [6, 6.07) is 11.7. The van der Waals surface area contributed by atoms with Gasteiger partial charge in [0.15, 0.2) is 19.0 Å². The van der Waals surface area contributed by atoms with Crippen molar-refractivity contribution in [2.75, 3.05) is 13.2 Å². The van der Waals surface area contributed by atoms with E-state index in [1.54, 1.807) is 24.3 Å². The largest absolute Gasteiger partial charge is 0.482 e. The molecule has 8 heteroatoms. The van der Waals surface area contributed by atoms with Crippen molar-refractivity contribution in [3.8, 4) is 5.75 Å². The van der Waals surface area contributed by atoms with E-state index in [-0.39, 0.29) is 12.4 Å². The molecule has 0 saturated heterocycles. The van der Waals surface area contributed by atoms with Crippen LogP contribution in [0.1, 0.15) is 10.6 Å². The Morgan fingerprint density at radius 2 is 1.74 bits per heavy atom. The molecule has 0 atom stereocenters. The number of benzene rings is 1. The second-order valence-electron chi connectivity index (χ2n) is 4.24. The maximum atomic E-state index is 11.5. The number of hydrogen-bond acceptors (Lipinski definition) is 6. The number of para-hydroxylation sites is 1. The van der Waals surface area contributed by atoms with Crippen molar-refractivity contribution in [1.29, 1.82) is 0 Å². The number of esters is 1. The second kappa shape index (κ2) is 8.23. The third-order valence-corrected chi connectivity index (χ3v) is 2.52. The summed E-state index contributed by atoms with van der Waals surface area (Å²) in [5.74, 6) is -1.47. The standard InChI is InChI=1S/C15H14N2O6/c18-13(16-17-15(20)12-7-4-8-21-12)9-23-14(19)10-22-11-5-2-1-3-6-11/h1-8H,9-10H2,(H,16,18)(H,17,20). The van der Waals surface area contributed by atoms with Crippen LogP contribution < -0.4 is 15.6 Å². The van der Waals surface area contributed by atoms with Gasteiger partial charge in [-0.2, -0.15) is 0 Å². The monoisotopic (exact) mass is 318 g/mol. The molecule has 0 aliphatic heterocycles. The van der Waals surface area contributed by atoms with Crippen LogP contribution >= 0.6 is 0 Å². The summed E-state index contributed by atoms with van der Waals surface area (Å²) in [4.78, 5) is 34.3. The van der Waals surface area contributed by atoms with Gasteiger partial charge in [-0.05, 0) is 24.3 Å². The summed E-state index contributed by atoms with van der Waals surface area (Å²) in [6.45, 7) is -0.870. The maximum Gasteiger partial charge on any atom is 0.344 e. The average Bonchev–Trinajstić information content (AvgIpc) is 3.11. The number of carbonyl (C=O) groups excluding carboxylic acids is 3. The van der Waals surface area contributed by atoms with Crippen LogP contribution in [-0.4, -0.2) is 31.0 Å². The zero-order chi connectivity index (χ0) is 16.5. The van der Waals surface area contributed by atoms with Gasteiger partial charge in [0.1, 0.15) is 5.75 Å². The van der Waals surface area contributed by atoms with E-state index < -0.39 is 24.4 Å². The van der Waals surface area contributed by atoms with E-state index in [2.05, 4.69) is 10.9 Å². The lowest BCUT2D eigenvalue weighted by Crippen LogP contribution is -2.43. The molecule has 0 aliphatic carbocycles. The first-order valence-corrected chi connectivity index (χ1v) is 6.61. The summed E-state index contributed by atoms with van der Waals surface area (Å²) in [5.41, 5.74) is 4.19. The molecule has 0 bridgehead atoms. The number of ether oxygens (including phenoxy) is 2. The van der Waals surface area contributed by atoms with Crippen LogP contribution in [0.25, 0.3) is 0 Å². The average molecular weight is 318 g/mol. The van der Waals surface area contributed by atoms with Gasteiger partial charge >= 0.3 is 11.9 Å². The fraction of sp³-hybridized carbons (Fsp3) is 0.133. The highest BCUT2D eigenvalue weighted by Crippen LogP contribution is 2.07. The van der Waals surface area contributed by atoms with Crippen LogP contribution in [0.3, 0.4) is 0 Å². The van der Waals surface area contributed by atoms with Gasteiger partial charge in [0, 0.05) is 0 Å². The zero-order valence-electron chi connectivity index (χ0n) is 12.0. The highest BCUT2D eigenvalue weighted by molar-refractivity contribution is 5.93. The van der Waals surface area contributed by atoms with Crippen molar-refractivity contribution in [2.24, 2.45) is 0 Å². The highest BCUT2D eigenvalue weighted by Gasteiger charge is 2.11. The van der Waals surface area contributed by atoms with Crippen LogP contribution in [0.2, 0.25) is 0 Å². The van der Waals surface area contributed by atoms with Crippen molar-refractivity contribution in [2.45, 2.75) is 0 Å². The molecule has 2 aromatic rings. The van der Waals surface area contributed by atoms with Crippen LogP contribution in [0, 0.1) is 0 Å². The molecule has 1 aromatic carbocycles. The summed E-state index contributed by atoms with van der Waals surface area (Å²) in [7, 11) is 0. The number of carbonyl (C=O) groups is 3. The van der Waals surface area contributed by atoms with Crippen molar-refractivity contribution >= 4 is 17.8 Å². The SMILES string of the molecule is O=C(COC(=O)COc1ccccc1)NNC(=O)c1ccco1. The molecule has 1 aromatic heterocycles. The summed E-state index contributed by atoms with van der Waals surface area (Å²) in [6.07, 6.45) is 1.32. The number of hydrazine groups is 1. The number of rotatable bonds is 6. The Morgan fingerprint density at radius 1 is 0.957 bits per heavy atom.